The third-order valence-electron chi connectivity index (χ3n) is 5.30. The first-order valence-corrected chi connectivity index (χ1v) is 9.09. The topological polar surface area (TPSA) is 66.7 Å². The Hall–Kier alpha value is -0.730. The SMILES string of the molecule is COC(C)c1noc(CN2CCCN(CC3(C)CCNC3)CC2)n1.Cl. The first kappa shape index (κ1) is 20.6. The highest BCUT2D eigenvalue weighted by Gasteiger charge is 2.31. The number of rotatable bonds is 6. The van der Waals surface area contributed by atoms with E-state index in [1.54, 1.807) is 7.11 Å². The summed E-state index contributed by atoms with van der Waals surface area (Å²) in [6, 6.07) is 0. The molecule has 1 aromatic rings. The first-order chi connectivity index (χ1) is 11.6. The quantitative estimate of drug-likeness (QED) is 0.814. The average Bonchev–Trinajstić information content (AvgIpc) is 3.15. The van der Waals surface area contributed by atoms with Gasteiger partial charge >= 0.3 is 0 Å². The Balaban J connectivity index is 0.00000225. The van der Waals surface area contributed by atoms with E-state index in [0.717, 1.165) is 39.3 Å². The van der Waals surface area contributed by atoms with Crippen molar-refractivity contribution in [2.75, 3.05) is 52.9 Å². The van der Waals surface area contributed by atoms with E-state index in [2.05, 4.69) is 32.2 Å². The van der Waals surface area contributed by atoms with Crippen LogP contribution in [0.1, 0.15) is 44.5 Å². The van der Waals surface area contributed by atoms with Gasteiger partial charge in [0.1, 0.15) is 6.10 Å². The predicted octanol–water partition coefficient (Wildman–Crippen LogP) is 1.71. The van der Waals surface area contributed by atoms with E-state index < -0.39 is 0 Å². The third kappa shape index (κ3) is 5.62. The van der Waals surface area contributed by atoms with Crippen LogP contribution in [0.2, 0.25) is 0 Å². The second-order valence-corrected chi connectivity index (χ2v) is 7.57. The van der Waals surface area contributed by atoms with Crippen molar-refractivity contribution < 1.29 is 9.26 Å². The van der Waals surface area contributed by atoms with Crippen molar-refractivity contribution >= 4 is 12.4 Å². The molecular formula is C17H32ClN5O2. The fourth-order valence-electron chi connectivity index (χ4n) is 3.68. The Bertz CT molecular complexity index is 521. The molecule has 3 heterocycles. The number of methoxy groups -OCH3 is 1. The van der Waals surface area contributed by atoms with E-state index >= 15 is 0 Å². The van der Waals surface area contributed by atoms with Gasteiger partial charge in [0.25, 0.3) is 0 Å². The Morgan fingerprint density at radius 3 is 2.76 bits per heavy atom. The van der Waals surface area contributed by atoms with Gasteiger partial charge in [-0.1, -0.05) is 12.1 Å². The average molecular weight is 374 g/mol. The molecule has 0 bridgehead atoms. The van der Waals surface area contributed by atoms with Crippen molar-refractivity contribution in [2.45, 2.75) is 39.3 Å². The van der Waals surface area contributed by atoms with Crippen molar-refractivity contribution in [3.63, 3.8) is 0 Å². The van der Waals surface area contributed by atoms with Gasteiger partial charge in [-0.3, -0.25) is 4.90 Å². The number of nitrogens with one attached hydrogen (secondary N) is 1. The summed E-state index contributed by atoms with van der Waals surface area (Å²) in [4.78, 5) is 9.50. The Morgan fingerprint density at radius 1 is 1.28 bits per heavy atom. The van der Waals surface area contributed by atoms with Gasteiger partial charge in [0.15, 0.2) is 5.82 Å². The summed E-state index contributed by atoms with van der Waals surface area (Å²) in [6.07, 6.45) is 2.36. The molecule has 3 rings (SSSR count). The van der Waals surface area contributed by atoms with Gasteiger partial charge in [-0.25, -0.2) is 0 Å². The second-order valence-electron chi connectivity index (χ2n) is 7.57. The lowest BCUT2D eigenvalue weighted by atomic mass is 9.89. The molecule has 2 unspecified atom stereocenters. The van der Waals surface area contributed by atoms with Gasteiger partial charge in [0, 0.05) is 33.3 Å². The summed E-state index contributed by atoms with van der Waals surface area (Å²) < 4.78 is 10.6. The molecule has 1 N–H and O–H groups in total. The molecule has 2 atom stereocenters. The van der Waals surface area contributed by atoms with Crippen molar-refractivity contribution in [1.82, 2.24) is 25.3 Å². The van der Waals surface area contributed by atoms with Crippen LogP contribution in [0.3, 0.4) is 0 Å². The van der Waals surface area contributed by atoms with E-state index in [4.69, 9.17) is 9.26 Å². The fraction of sp³-hybridized carbons (Fsp3) is 0.882. The van der Waals surface area contributed by atoms with Crippen LogP contribution in [0, 0.1) is 5.41 Å². The smallest absolute Gasteiger partial charge is 0.240 e. The lowest BCUT2D eigenvalue weighted by molar-refractivity contribution is 0.109. The predicted molar refractivity (Wildman–Crippen MR) is 98.9 cm³/mol. The molecule has 2 fully saturated rings. The van der Waals surface area contributed by atoms with Crippen LogP contribution >= 0.6 is 12.4 Å². The van der Waals surface area contributed by atoms with E-state index in [1.165, 1.54) is 25.9 Å². The lowest BCUT2D eigenvalue weighted by Crippen LogP contribution is -2.39. The number of hydrogen-bond acceptors (Lipinski definition) is 7. The normalized spacial score (nSPS) is 27.0. The summed E-state index contributed by atoms with van der Waals surface area (Å²) >= 11 is 0. The van der Waals surface area contributed by atoms with Crippen LogP contribution in [-0.4, -0.2) is 72.9 Å². The van der Waals surface area contributed by atoms with Gasteiger partial charge in [0.05, 0.1) is 6.54 Å². The lowest BCUT2D eigenvalue weighted by Gasteiger charge is -2.31. The van der Waals surface area contributed by atoms with Crippen molar-refractivity contribution in [3.8, 4) is 0 Å². The van der Waals surface area contributed by atoms with Crippen molar-refractivity contribution in [2.24, 2.45) is 5.41 Å². The largest absolute Gasteiger partial charge is 0.374 e. The van der Waals surface area contributed by atoms with Crippen LogP contribution < -0.4 is 5.32 Å². The molecule has 1 aromatic heterocycles. The van der Waals surface area contributed by atoms with Gasteiger partial charge in [0.2, 0.25) is 5.89 Å². The molecule has 144 valence electrons. The zero-order valence-corrected chi connectivity index (χ0v) is 16.5. The summed E-state index contributed by atoms with van der Waals surface area (Å²) in [7, 11) is 1.66. The van der Waals surface area contributed by atoms with Gasteiger partial charge in [-0.05, 0) is 44.8 Å². The Kier molecular flexibility index (Phi) is 7.64. The zero-order valence-electron chi connectivity index (χ0n) is 15.7. The number of nitrogens with zero attached hydrogens (tertiary/aromatic N) is 4. The standard InChI is InChI=1S/C17H31N5O2.ClH/c1-14(23-3)16-19-15(24-20-16)11-21-7-4-8-22(10-9-21)13-17(2)5-6-18-12-17;/h14,18H,4-13H2,1-3H3;1H. The number of ether oxygens (including phenoxy) is 1. The molecule has 0 radical (unpaired) electrons. The van der Waals surface area contributed by atoms with Crippen LogP contribution in [0.15, 0.2) is 4.52 Å². The van der Waals surface area contributed by atoms with E-state index in [-0.39, 0.29) is 18.5 Å². The summed E-state index contributed by atoms with van der Waals surface area (Å²) in [5.41, 5.74) is 0.437. The van der Waals surface area contributed by atoms with Gasteiger partial charge in [-0.15, -0.1) is 12.4 Å². The summed E-state index contributed by atoms with van der Waals surface area (Å²) in [5.74, 6) is 1.32. The first-order valence-electron chi connectivity index (χ1n) is 9.09. The molecule has 2 saturated heterocycles. The molecule has 8 heteroatoms. The molecule has 25 heavy (non-hydrogen) atoms. The van der Waals surface area contributed by atoms with Crippen LogP contribution in [-0.2, 0) is 11.3 Å². The summed E-state index contributed by atoms with van der Waals surface area (Å²) in [6.45, 7) is 13.0. The van der Waals surface area contributed by atoms with E-state index in [0.29, 0.717) is 17.1 Å². The third-order valence-corrected chi connectivity index (χ3v) is 5.30. The molecule has 0 spiro atoms. The molecule has 2 aliphatic heterocycles. The van der Waals surface area contributed by atoms with E-state index in [9.17, 15) is 0 Å². The van der Waals surface area contributed by atoms with Crippen LogP contribution in [0.4, 0.5) is 0 Å². The second kappa shape index (κ2) is 9.28. The molecule has 0 amide bonds. The minimum atomic E-state index is -0.122. The van der Waals surface area contributed by atoms with E-state index in [1.807, 2.05) is 6.92 Å². The zero-order chi connectivity index (χ0) is 17.0. The number of halogens is 1. The minimum absolute atomic E-state index is 0. The molecule has 0 saturated carbocycles. The summed E-state index contributed by atoms with van der Waals surface area (Å²) in [5, 5.41) is 7.51. The van der Waals surface area contributed by atoms with Crippen molar-refractivity contribution in [1.29, 1.82) is 0 Å². The van der Waals surface area contributed by atoms with Gasteiger partial charge < -0.3 is 19.5 Å². The van der Waals surface area contributed by atoms with Crippen molar-refractivity contribution in [3.05, 3.63) is 11.7 Å². The fourth-order valence-corrected chi connectivity index (χ4v) is 3.68. The Labute approximate surface area is 156 Å². The number of hydrogen-bond donors (Lipinski definition) is 1. The Morgan fingerprint density at radius 2 is 2.04 bits per heavy atom. The van der Waals surface area contributed by atoms with Gasteiger partial charge in [-0.2, -0.15) is 4.98 Å². The highest BCUT2D eigenvalue weighted by atomic mass is 35.5. The maximum Gasteiger partial charge on any atom is 0.240 e. The monoisotopic (exact) mass is 373 g/mol. The van der Waals surface area contributed by atoms with Crippen LogP contribution in [0.25, 0.3) is 0 Å². The highest BCUT2D eigenvalue weighted by molar-refractivity contribution is 5.85. The number of aromatic nitrogens is 2. The maximum absolute atomic E-state index is 5.38. The van der Waals surface area contributed by atoms with Crippen LogP contribution in [0.5, 0.6) is 0 Å². The minimum Gasteiger partial charge on any atom is -0.374 e. The molecule has 7 nitrogen and oxygen atoms in total. The molecule has 0 aliphatic carbocycles. The maximum atomic E-state index is 5.38. The molecular weight excluding hydrogens is 342 g/mol. The highest BCUT2D eigenvalue weighted by Crippen LogP contribution is 2.26. The molecule has 0 aromatic carbocycles. The molecule has 2 aliphatic rings.